The molecule has 0 amide bonds. The molecule has 1 aromatic rings. The maximum absolute atomic E-state index is 9.11. The molecular formula is C13H24N4O. The van der Waals surface area contributed by atoms with Gasteiger partial charge in [0.1, 0.15) is 17.5 Å². The van der Waals surface area contributed by atoms with Crippen molar-refractivity contribution in [2.75, 3.05) is 30.3 Å². The Morgan fingerprint density at radius 3 is 2.44 bits per heavy atom. The third-order valence-corrected chi connectivity index (χ3v) is 2.59. The molecule has 0 atom stereocenters. The van der Waals surface area contributed by atoms with Gasteiger partial charge in [-0.15, -0.1) is 0 Å². The lowest BCUT2D eigenvalue weighted by Gasteiger charge is -2.25. The maximum Gasteiger partial charge on any atom is 0.138 e. The predicted octanol–water partition coefficient (Wildman–Crippen LogP) is 1.57. The Bertz CT molecular complexity index is 381. The van der Waals surface area contributed by atoms with Crippen molar-refractivity contribution in [3.05, 3.63) is 11.9 Å². The molecule has 0 aliphatic carbocycles. The first-order valence-electron chi connectivity index (χ1n) is 6.39. The lowest BCUT2D eigenvalue weighted by atomic mass is 9.96. The quantitative estimate of drug-likeness (QED) is 0.832. The van der Waals surface area contributed by atoms with Crippen LogP contribution in [0.2, 0.25) is 0 Å². The smallest absolute Gasteiger partial charge is 0.138 e. The molecule has 102 valence electrons. The zero-order valence-corrected chi connectivity index (χ0v) is 11.8. The molecule has 1 heterocycles. The molecule has 1 aromatic heterocycles. The molecule has 18 heavy (non-hydrogen) atoms. The van der Waals surface area contributed by atoms with Crippen molar-refractivity contribution in [3.63, 3.8) is 0 Å². The molecular weight excluding hydrogens is 228 g/mol. The number of aliphatic hydroxyl groups is 1. The second kappa shape index (κ2) is 6.00. The summed E-state index contributed by atoms with van der Waals surface area (Å²) >= 11 is 0. The van der Waals surface area contributed by atoms with E-state index < -0.39 is 0 Å². The van der Waals surface area contributed by atoms with Crippen molar-refractivity contribution >= 4 is 11.6 Å². The zero-order chi connectivity index (χ0) is 13.8. The zero-order valence-electron chi connectivity index (χ0n) is 11.8. The molecule has 1 rings (SSSR count). The van der Waals surface area contributed by atoms with Crippen LogP contribution in [0.3, 0.4) is 0 Å². The number of aromatic nitrogens is 2. The molecule has 0 radical (unpaired) electrons. The highest BCUT2D eigenvalue weighted by molar-refractivity contribution is 5.47. The van der Waals surface area contributed by atoms with Gasteiger partial charge in [0.15, 0.2) is 0 Å². The molecule has 0 fully saturated rings. The number of nitrogens with zero attached hydrogens (tertiary/aromatic N) is 3. The molecule has 5 nitrogen and oxygen atoms in total. The van der Waals surface area contributed by atoms with Crippen LogP contribution in [0.4, 0.5) is 11.6 Å². The van der Waals surface area contributed by atoms with Crippen LogP contribution in [0.5, 0.6) is 0 Å². The van der Waals surface area contributed by atoms with Crippen LogP contribution in [0.15, 0.2) is 6.07 Å². The highest BCUT2D eigenvalue weighted by Crippen LogP contribution is 2.23. The van der Waals surface area contributed by atoms with E-state index >= 15 is 0 Å². The van der Waals surface area contributed by atoms with Crippen LogP contribution >= 0.6 is 0 Å². The van der Waals surface area contributed by atoms with Crippen LogP contribution in [0, 0.1) is 0 Å². The highest BCUT2D eigenvalue weighted by atomic mass is 16.3. The minimum absolute atomic E-state index is 0.106. The van der Waals surface area contributed by atoms with Crippen molar-refractivity contribution in [1.82, 2.24) is 9.97 Å². The minimum atomic E-state index is -0.138. The van der Waals surface area contributed by atoms with Crippen LogP contribution in [-0.4, -0.2) is 34.8 Å². The Balaban J connectivity index is 3.10. The number of nitrogens with two attached hydrogens (primary N) is 1. The summed E-state index contributed by atoms with van der Waals surface area (Å²) in [5.74, 6) is 2.00. The summed E-state index contributed by atoms with van der Waals surface area (Å²) in [5.41, 5.74) is 5.71. The first kappa shape index (κ1) is 14.7. The van der Waals surface area contributed by atoms with Gasteiger partial charge in [0.2, 0.25) is 0 Å². The Hall–Kier alpha value is -1.36. The summed E-state index contributed by atoms with van der Waals surface area (Å²) in [6, 6.07) is 1.76. The van der Waals surface area contributed by atoms with Gasteiger partial charge in [-0.2, -0.15) is 0 Å². The molecule has 0 aliphatic rings. The second-order valence-corrected chi connectivity index (χ2v) is 5.44. The molecule has 0 saturated carbocycles. The van der Waals surface area contributed by atoms with E-state index in [0.29, 0.717) is 12.4 Å². The van der Waals surface area contributed by atoms with E-state index in [2.05, 4.69) is 37.7 Å². The number of rotatable bonds is 5. The van der Waals surface area contributed by atoms with Crippen molar-refractivity contribution in [2.24, 2.45) is 0 Å². The van der Waals surface area contributed by atoms with E-state index in [0.717, 1.165) is 24.6 Å². The standard InChI is InChI=1S/C13H24N4O/c1-5-6-17(7-8-18)11-9-10(14)15-12(16-11)13(2,3)4/h9,18H,5-8H2,1-4H3,(H2,14,15,16). The summed E-state index contributed by atoms with van der Waals surface area (Å²) in [6.45, 7) is 9.79. The Morgan fingerprint density at radius 2 is 1.94 bits per heavy atom. The summed E-state index contributed by atoms with van der Waals surface area (Å²) in [5, 5.41) is 9.11. The van der Waals surface area contributed by atoms with Gasteiger partial charge >= 0.3 is 0 Å². The van der Waals surface area contributed by atoms with E-state index in [1.54, 1.807) is 6.07 Å². The lowest BCUT2D eigenvalue weighted by Crippen LogP contribution is -2.30. The van der Waals surface area contributed by atoms with Gasteiger partial charge in [0, 0.05) is 24.6 Å². The predicted molar refractivity (Wildman–Crippen MR) is 74.7 cm³/mol. The Morgan fingerprint density at radius 1 is 1.28 bits per heavy atom. The minimum Gasteiger partial charge on any atom is -0.395 e. The van der Waals surface area contributed by atoms with E-state index in [1.165, 1.54) is 0 Å². The third kappa shape index (κ3) is 3.84. The summed E-state index contributed by atoms with van der Waals surface area (Å²) in [7, 11) is 0. The summed E-state index contributed by atoms with van der Waals surface area (Å²) in [4.78, 5) is 10.9. The largest absolute Gasteiger partial charge is 0.395 e. The third-order valence-electron chi connectivity index (χ3n) is 2.59. The summed E-state index contributed by atoms with van der Waals surface area (Å²) < 4.78 is 0. The monoisotopic (exact) mass is 252 g/mol. The van der Waals surface area contributed by atoms with Gasteiger partial charge in [0.25, 0.3) is 0 Å². The first-order valence-corrected chi connectivity index (χ1v) is 6.39. The number of hydrogen-bond donors (Lipinski definition) is 2. The van der Waals surface area contributed by atoms with Gasteiger partial charge < -0.3 is 15.7 Å². The number of anilines is 2. The fourth-order valence-electron chi connectivity index (χ4n) is 1.68. The molecule has 0 saturated heterocycles. The van der Waals surface area contributed by atoms with Crippen LogP contribution < -0.4 is 10.6 Å². The fraction of sp³-hybridized carbons (Fsp3) is 0.692. The first-order chi connectivity index (χ1) is 8.38. The van der Waals surface area contributed by atoms with E-state index in [9.17, 15) is 0 Å². The number of aliphatic hydroxyl groups excluding tert-OH is 1. The summed E-state index contributed by atoms with van der Waals surface area (Å²) in [6.07, 6.45) is 0.995. The lowest BCUT2D eigenvalue weighted by molar-refractivity contribution is 0.301. The average Bonchev–Trinajstić information content (AvgIpc) is 2.27. The van der Waals surface area contributed by atoms with E-state index in [1.807, 2.05) is 4.90 Å². The normalized spacial score (nSPS) is 11.6. The molecule has 0 aliphatic heterocycles. The number of nitrogen functional groups attached to an aromatic ring is 1. The van der Waals surface area contributed by atoms with Gasteiger partial charge in [0.05, 0.1) is 6.61 Å². The van der Waals surface area contributed by atoms with Crippen molar-refractivity contribution in [3.8, 4) is 0 Å². The van der Waals surface area contributed by atoms with Crippen molar-refractivity contribution < 1.29 is 5.11 Å². The maximum atomic E-state index is 9.11. The van der Waals surface area contributed by atoms with Gasteiger partial charge in [-0.05, 0) is 6.42 Å². The molecule has 0 aromatic carbocycles. The Kier molecular flexibility index (Phi) is 4.90. The highest BCUT2D eigenvalue weighted by Gasteiger charge is 2.20. The Labute approximate surface area is 109 Å². The molecule has 0 spiro atoms. The van der Waals surface area contributed by atoms with Crippen molar-refractivity contribution in [1.29, 1.82) is 0 Å². The van der Waals surface area contributed by atoms with Crippen LogP contribution in [-0.2, 0) is 5.41 Å². The molecule has 0 unspecified atom stereocenters. The topological polar surface area (TPSA) is 75.3 Å². The van der Waals surface area contributed by atoms with Gasteiger partial charge in [-0.25, -0.2) is 9.97 Å². The number of hydrogen-bond acceptors (Lipinski definition) is 5. The molecule has 5 heteroatoms. The fourth-order valence-corrected chi connectivity index (χ4v) is 1.68. The molecule has 3 N–H and O–H groups in total. The SMILES string of the molecule is CCCN(CCO)c1cc(N)nc(C(C)(C)C)n1. The molecule has 0 bridgehead atoms. The second-order valence-electron chi connectivity index (χ2n) is 5.44. The van der Waals surface area contributed by atoms with Crippen LogP contribution in [0.1, 0.15) is 39.9 Å². The van der Waals surface area contributed by atoms with Gasteiger partial charge in [-0.3, -0.25) is 0 Å². The van der Waals surface area contributed by atoms with E-state index in [-0.39, 0.29) is 12.0 Å². The van der Waals surface area contributed by atoms with E-state index in [4.69, 9.17) is 10.8 Å². The van der Waals surface area contributed by atoms with Gasteiger partial charge in [-0.1, -0.05) is 27.7 Å². The van der Waals surface area contributed by atoms with Crippen LogP contribution in [0.25, 0.3) is 0 Å². The van der Waals surface area contributed by atoms with Crippen molar-refractivity contribution in [2.45, 2.75) is 39.5 Å². The average molecular weight is 252 g/mol.